The molecule has 0 aliphatic carbocycles. The van der Waals surface area contributed by atoms with Crippen molar-refractivity contribution in [3.05, 3.63) is 67.2 Å². The van der Waals surface area contributed by atoms with Gasteiger partial charge in [-0.15, -0.1) is 0 Å². The van der Waals surface area contributed by atoms with Gasteiger partial charge in [0.15, 0.2) is 11.6 Å². The van der Waals surface area contributed by atoms with Crippen LogP contribution in [0, 0.1) is 0 Å². The summed E-state index contributed by atoms with van der Waals surface area (Å²) in [5, 5.41) is 7.71. The molecular weight excluding hydrogens is 515 g/mol. The molecule has 2 aromatic heterocycles. The quantitative estimate of drug-likeness (QED) is 0.303. The second kappa shape index (κ2) is 11.9. The average molecular weight is 545 g/mol. The highest BCUT2D eigenvalue weighted by molar-refractivity contribution is 6.31. The summed E-state index contributed by atoms with van der Waals surface area (Å²) in [5.41, 5.74) is 2.55. The van der Waals surface area contributed by atoms with Gasteiger partial charge in [-0.3, -0.25) is 9.59 Å². The number of benzene rings is 2. The first-order chi connectivity index (χ1) is 17.5. The number of aromatic nitrogens is 4. The van der Waals surface area contributed by atoms with Crippen LogP contribution in [0.15, 0.2) is 46.0 Å². The van der Waals surface area contributed by atoms with Crippen LogP contribution in [0.2, 0.25) is 10.0 Å². The summed E-state index contributed by atoms with van der Waals surface area (Å²) >= 11 is 11.8. The normalized spacial score (nSPS) is 15.7. The van der Waals surface area contributed by atoms with E-state index in [-0.39, 0.29) is 18.5 Å². The maximum absolute atomic E-state index is 12.0. The summed E-state index contributed by atoms with van der Waals surface area (Å²) in [6.45, 7) is 6.68. The van der Waals surface area contributed by atoms with Crippen LogP contribution in [0.5, 0.6) is 0 Å². The number of halogens is 2. The predicted octanol–water partition coefficient (Wildman–Crippen LogP) is 2.61. The van der Waals surface area contributed by atoms with Gasteiger partial charge in [0.1, 0.15) is 0 Å². The van der Waals surface area contributed by atoms with E-state index in [0.717, 1.165) is 63.4 Å². The summed E-state index contributed by atoms with van der Waals surface area (Å²) < 4.78 is 0. The Kier molecular flexibility index (Phi) is 8.65. The lowest BCUT2D eigenvalue weighted by Crippen LogP contribution is -2.45. The van der Waals surface area contributed by atoms with Gasteiger partial charge in [0.25, 0.3) is 11.1 Å². The topological polar surface area (TPSA) is 122 Å². The van der Waals surface area contributed by atoms with Crippen molar-refractivity contribution in [2.45, 2.75) is 7.43 Å². The summed E-state index contributed by atoms with van der Waals surface area (Å²) in [5.74, 6) is 0.970. The highest BCUT2D eigenvalue weighted by atomic mass is 35.5. The number of hydrogen-bond donors (Lipinski definition) is 4. The van der Waals surface area contributed by atoms with Crippen LogP contribution >= 0.6 is 23.2 Å². The number of hydrogen-bond acceptors (Lipinski definition) is 8. The third kappa shape index (κ3) is 6.22. The molecule has 0 bridgehead atoms. The molecule has 2 saturated heterocycles. The molecule has 0 amide bonds. The van der Waals surface area contributed by atoms with Crippen molar-refractivity contribution in [3.63, 3.8) is 0 Å². The molecular formula is C25H30Cl2N8O2. The molecule has 196 valence electrons. The molecule has 0 saturated carbocycles. The van der Waals surface area contributed by atoms with Crippen molar-refractivity contribution in [2.75, 3.05) is 62.2 Å². The van der Waals surface area contributed by atoms with E-state index in [4.69, 9.17) is 23.2 Å². The zero-order valence-corrected chi connectivity index (χ0v) is 21.0. The number of fused-ring (bicyclic) bond motifs is 2. The first-order valence-corrected chi connectivity index (χ1v) is 12.5. The minimum absolute atomic E-state index is 0. The molecule has 0 radical (unpaired) electrons. The van der Waals surface area contributed by atoms with Crippen LogP contribution in [-0.4, -0.2) is 72.3 Å². The van der Waals surface area contributed by atoms with Crippen LogP contribution in [0.1, 0.15) is 7.43 Å². The fraction of sp³-hybridized carbons (Fsp3) is 0.360. The molecule has 6 rings (SSSR count). The third-order valence-electron chi connectivity index (χ3n) is 6.11. The second-order valence-corrected chi connectivity index (χ2v) is 9.45. The van der Waals surface area contributed by atoms with Gasteiger partial charge in [0.2, 0.25) is 0 Å². The first-order valence-electron chi connectivity index (χ1n) is 11.8. The van der Waals surface area contributed by atoms with Gasteiger partial charge in [-0.2, -0.15) is 0 Å². The molecule has 0 spiro atoms. The van der Waals surface area contributed by atoms with Crippen LogP contribution in [0.25, 0.3) is 22.1 Å². The Morgan fingerprint density at radius 1 is 0.649 bits per heavy atom. The van der Waals surface area contributed by atoms with Crippen LogP contribution < -0.4 is 31.6 Å². The summed E-state index contributed by atoms with van der Waals surface area (Å²) in [4.78, 5) is 42.6. The Morgan fingerprint density at radius 2 is 1.14 bits per heavy atom. The van der Waals surface area contributed by atoms with E-state index in [0.29, 0.717) is 32.7 Å². The van der Waals surface area contributed by atoms with Gasteiger partial charge in [0, 0.05) is 62.4 Å². The first kappa shape index (κ1) is 26.9. The van der Waals surface area contributed by atoms with E-state index >= 15 is 0 Å². The number of aromatic amines is 2. The zero-order chi connectivity index (χ0) is 25.1. The minimum atomic E-state index is -0.160. The Labute approximate surface area is 224 Å². The molecule has 0 atom stereocenters. The molecule has 4 N–H and O–H groups in total. The van der Waals surface area contributed by atoms with Crippen LogP contribution in [0.3, 0.4) is 0 Å². The molecule has 2 aromatic carbocycles. The van der Waals surface area contributed by atoms with Gasteiger partial charge in [-0.25, -0.2) is 9.97 Å². The number of nitrogens with zero attached hydrogens (tertiary/aromatic N) is 4. The summed E-state index contributed by atoms with van der Waals surface area (Å²) in [6, 6.07) is 10.6. The monoisotopic (exact) mass is 544 g/mol. The maximum Gasteiger partial charge on any atom is 0.291 e. The van der Waals surface area contributed by atoms with Crippen molar-refractivity contribution >= 4 is 56.9 Å². The maximum atomic E-state index is 12.0. The van der Waals surface area contributed by atoms with E-state index in [1.165, 1.54) is 0 Å². The lowest BCUT2D eigenvalue weighted by Gasteiger charge is -2.27. The van der Waals surface area contributed by atoms with Gasteiger partial charge in [-0.05, 0) is 36.4 Å². The van der Waals surface area contributed by atoms with E-state index in [1.54, 1.807) is 30.3 Å². The lowest BCUT2D eigenvalue weighted by atomic mass is 10.3. The molecule has 12 heteroatoms. The van der Waals surface area contributed by atoms with E-state index in [1.807, 2.05) is 15.9 Å². The summed E-state index contributed by atoms with van der Waals surface area (Å²) in [6.07, 6.45) is 0. The Bertz CT molecular complexity index is 1490. The predicted molar refractivity (Wildman–Crippen MR) is 152 cm³/mol. The van der Waals surface area contributed by atoms with Crippen LogP contribution in [-0.2, 0) is 0 Å². The van der Waals surface area contributed by atoms with E-state index < -0.39 is 0 Å². The highest BCUT2D eigenvalue weighted by Crippen LogP contribution is 2.18. The smallest absolute Gasteiger partial charge is 0.291 e. The Hall–Kier alpha value is -3.18. The number of piperazine rings is 2. The minimum Gasteiger partial charge on any atom is -0.349 e. The molecule has 4 aromatic rings. The van der Waals surface area contributed by atoms with Gasteiger partial charge < -0.3 is 30.4 Å². The largest absolute Gasteiger partial charge is 0.349 e. The molecule has 37 heavy (non-hydrogen) atoms. The van der Waals surface area contributed by atoms with Crippen molar-refractivity contribution < 1.29 is 0 Å². The fourth-order valence-electron chi connectivity index (χ4n) is 4.28. The van der Waals surface area contributed by atoms with Crippen molar-refractivity contribution in [1.82, 2.24) is 30.6 Å². The Balaban J connectivity index is 0.000000168. The molecule has 2 aliphatic rings. The molecule has 0 unspecified atom stereocenters. The molecule has 2 fully saturated rings. The van der Waals surface area contributed by atoms with Gasteiger partial charge in [0.05, 0.1) is 22.1 Å². The molecule has 4 heterocycles. The third-order valence-corrected chi connectivity index (χ3v) is 6.58. The SMILES string of the molecule is C.O=c1[nH]c2cc(Cl)ccc2nc1N1CCNCC1.O=c1[nH]c2ccc(Cl)cc2nc1N1CCNCC1. The van der Waals surface area contributed by atoms with Gasteiger partial charge >= 0.3 is 0 Å². The summed E-state index contributed by atoms with van der Waals surface area (Å²) in [7, 11) is 0. The van der Waals surface area contributed by atoms with Crippen LogP contribution in [0.4, 0.5) is 11.6 Å². The second-order valence-electron chi connectivity index (χ2n) is 8.58. The number of rotatable bonds is 2. The lowest BCUT2D eigenvalue weighted by molar-refractivity contribution is 0.583. The fourth-order valence-corrected chi connectivity index (χ4v) is 4.62. The van der Waals surface area contributed by atoms with E-state index in [2.05, 4.69) is 30.6 Å². The van der Waals surface area contributed by atoms with E-state index in [9.17, 15) is 9.59 Å². The number of H-pyrrole nitrogens is 2. The van der Waals surface area contributed by atoms with Crippen molar-refractivity contribution in [1.29, 1.82) is 0 Å². The molecule has 2 aliphatic heterocycles. The van der Waals surface area contributed by atoms with Gasteiger partial charge in [-0.1, -0.05) is 30.6 Å². The Morgan fingerprint density at radius 3 is 1.73 bits per heavy atom. The molecule has 10 nitrogen and oxygen atoms in total. The number of anilines is 2. The highest BCUT2D eigenvalue weighted by Gasteiger charge is 2.17. The average Bonchev–Trinajstić information content (AvgIpc) is 2.89. The standard InChI is InChI=1S/2C12H13ClN4O.CH4/c13-8-1-2-9-10(7-8)15-11(12(18)16-9)17-5-3-14-4-6-17;13-8-1-2-9-10(7-8)16-12(18)11(15-9)17-5-3-14-4-6-17;/h2*1-2,7,14H,3-6H2,(H,16,18);1H4. The number of nitrogens with one attached hydrogen (secondary N) is 4. The van der Waals surface area contributed by atoms with Crippen molar-refractivity contribution in [2.24, 2.45) is 0 Å². The zero-order valence-electron chi connectivity index (χ0n) is 19.5. The van der Waals surface area contributed by atoms with Crippen molar-refractivity contribution in [3.8, 4) is 0 Å².